The molecule has 168 valence electrons. The van der Waals surface area contributed by atoms with E-state index in [2.05, 4.69) is 36.7 Å². The number of Topliss-reactive ketones (excluding diaryl/α,β-unsaturated/α-hetero) is 1. The molecule has 0 bridgehead atoms. The van der Waals surface area contributed by atoms with Crippen molar-refractivity contribution in [1.82, 2.24) is 0 Å². The number of rotatable bonds is 7. The first-order chi connectivity index (χ1) is 14.7. The number of unbranched alkanes of at least 4 members (excludes halogenated alkanes) is 2. The van der Waals surface area contributed by atoms with Crippen LogP contribution in [0.25, 0.3) is 0 Å². The van der Waals surface area contributed by atoms with E-state index in [0.29, 0.717) is 30.1 Å². The molecule has 1 aromatic carbocycles. The highest BCUT2D eigenvalue weighted by Crippen LogP contribution is 2.48. The Morgan fingerprint density at radius 3 is 2.65 bits per heavy atom. The molecule has 3 rings (SSSR count). The highest BCUT2D eigenvalue weighted by atomic mass is 79.9. The Bertz CT molecular complexity index is 931. The fourth-order valence-electron chi connectivity index (χ4n) is 4.60. The quantitative estimate of drug-likeness (QED) is 0.347. The summed E-state index contributed by atoms with van der Waals surface area (Å²) in [5.74, 6) is -0.543. The van der Waals surface area contributed by atoms with E-state index in [1.807, 2.05) is 25.1 Å². The van der Waals surface area contributed by atoms with E-state index in [4.69, 9.17) is 14.5 Å². The molecule has 1 aliphatic carbocycles. The Hall–Kier alpha value is -1.95. The molecule has 31 heavy (non-hydrogen) atoms. The van der Waals surface area contributed by atoms with Crippen molar-refractivity contribution in [3.8, 4) is 5.75 Å². The van der Waals surface area contributed by atoms with Gasteiger partial charge in [0.2, 0.25) is 0 Å². The van der Waals surface area contributed by atoms with Crippen molar-refractivity contribution in [1.29, 1.82) is 0 Å². The molecule has 1 aliphatic heterocycles. The maximum Gasteiger partial charge on any atom is 0.315 e. The number of nitrogens with zero attached hydrogens (tertiary/aromatic N) is 1. The van der Waals surface area contributed by atoms with Crippen LogP contribution >= 0.6 is 15.9 Å². The van der Waals surface area contributed by atoms with Crippen LogP contribution in [0.3, 0.4) is 0 Å². The number of ketones is 1. The van der Waals surface area contributed by atoms with Crippen molar-refractivity contribution in [3.05, 3.63) is 39.5 Å². The van der Waals surface area contributed by atoms with Crippen molar-refractivity contribution in [2.75, 3.05) is 13.7 Å². The fraction of sp³-hybridized carbons (Fsp3) is 0.560. The van der Waals surface area contributed by atoms with Crippen LogP contribution in [0.1, 0.15) is 71.3 Å². The molecule has 1 aromatic rings. The molecular weight excluding hydrogens is 458 g/mol. The van der Waals surface area contributed by atoms with E-state index in [1.54, 1.807) is 7.11 Å². The van der Waals surface area contributed by atoms with E-state index in [1.165, 1.54) is 0 Å². The number of carbonyl (C=O) groups is 2. The Morgan fingerprint density at radius 1 is 1.26 bits per heavy atom. The lowest BCUT2D eigenvalue weighted by Gasteiger charge is -2.39. The maximum absolute atomic E-state index is 13.3. The molecule has 0 aromatic heterocycles. The Kier molecular flexibility index (Phi) is 7.40. The van der Waals surface area contributed by atoms with Gasteiger partial charge in [-0.1, -0.05) is 39.7 Å². The molecule has 0 saturated carbocycles. The number of benzene rings is 1. The van der Waals surface area contributed by atoms with Crippen molar-refractivity contribution >= 4 is 33.4 Å². The number of carbonyl (C=O) groups excluding carboxylic acids is 2. The third-order valence-corrected chi connectivity index (χ3v) is 6.70. The predicted molar refractivity (Wildman–Crippen MR) is 126 cm³/mol. The summed E-state index contributed by atoms with van der Waals surface area (Å²) in [4.78, 5) is 31.3. The zero-order valence-corrected chi connectivity index (χ0v) is 20.7. The summed E-state index contributed by atoms with van der Waals surface area (Å²) >= 11 is 3.55. The molecule has 0 fully saturated rings. The van der Waals surface area contributed by atoms with Gasteiger partial charge in [0, 0.05) is 29.3 Å². The lowest BCUT2D eigenvalue weighted by molar-refractivity contribution is -0.146. The third-order valence-electron chi connectivity index (χ3n) is 6.08. The number of allylic oxidation sites excluding steroid dienone is 2. The van der Waals surface area contributed by atoms with Gasteiger partial charge in [-0.15, -0.1) is 0 Å². The van der Waals surface area contributed by atoms with Crippen LogP contribution in [-0.4, -0.2) is 31.2 Å². The van der Waals surface area contributed by atoms with Crippen molar-refractivity contribution in [2.45, 2.75) is 65.7 Å². The molecule has 2 atom stereocenters. The maximum atomic E-state index is 13.3. The zero-order chi connectivity index (χ0) is 22.8. The second kappa shape index (κ2) is 9.68. The monoisotopic (exact) mass is 489 g/mol. The van der Waals surface area contributed by atoms with E-state index in [0.717, 1.165) is 41.4 Å². The minimum absolute atomic E-state index is 0.0724. The standard InChI is InChI=1S/C25H32BrNO4/c1-6-7-8-11-31-24(29)21-15(2)27-18-13-25(3,4)14-19(28)23(18)22(21)16-9-10-20(30-5)17(26)12-16/h9-10,12,21-22H,6-8,11,13-14H2,1-5H3/t21?,22-/m1/s1. The molecule has 0 spiro atoms. The number of esters is 1. The van der Waals surface area contributed by atoms with E-state index in [-0.39, 0.29) is 17.2 Å². The van der Waals surface area contributed by atoms with E-state index < -0.39 is 11.8 Å². The lowest BCUT2D eigenvalue weighted by Crippen LogP contribution is -2.39. The summed E-state index contributed by atoms with van der Waals surface area (Å²) in [6, 6.07) is 5.74. The van der Waals surface area contributed by atoms with Gasteiger partial charge in [-0.25, -0.2) is 0 Å². The smallest absolute Gasteiger partial charge is 0.315 e. The largest absolute Gasteiger partial charge is 0.496 e. The van der Waals surface area contributed by atoms with Crippen LogP contribution in [0.5, 0.6) is 5.75 Å². The van der Waals surface area contributed by atoms with Crippen LogP contribution in [0.4, 0.5) is 0 Å². The first-order valence-electron chi connectivity index (χ1n) is 11.0. The summed E-state index contributed by atoms with van der Waals surface area (Å²) in [6.07, 6.45) is 4.09. The number of methoxy groups -OCH3 is 1. The van der Waals surface area contributed by atoms with Crippen LogP contribution in [0.2, 0.25) is 0 Å². The van der Waals surface area contributed by atoms with Gasteiger partial charge in [0.05, 0.1) is 18.2 Å². The summed E-state index contributed by atoms with van der Waals surface area (Å²) in [6.45, 7) is 8.56. The average molecular weight is 490 g/mol. The number of aliphatic imine (C=N–C) groups is 1. The molecule has 0 radical (unpaired) electrons. The topological polar surface area (TPSA) is 65.0 Å². The van der Waals surface area contributed by atoms with Crippen LogP contribution in [0.15, 0.2) is 38.9 Å². The molecule has 0 N–H and O–H groups in total. The highest BCUT2D eigenvalue weighted by molar-refractivity contribution is 9.10. The zero-order valence-electron chi connectivity index (χ0n) is 19.1. The predicted octanol–water partition coefficient (Wildman–Crippen LogP) is 6.01. The van der Waals surface area contributed by atoms with Gasteiger partial charge in [0.25, 0.3) is 0 Å². The summed E-state index contributed by atoms with van der Waals surface area (Å²) in [7, 11) is 1.61. The second-order valence-corrected chi connectivity index (χ2v) is 10.1. The molecule has 1 heterocycles. The van der Waals surface area contributed by atoms with E-state index >= 15 is 0 Å². The van der Waals surface area contributed by atoms with Crippen molar-refractivity contribution in [3.63, 3.8) is 0 Å². The van der Waals surface area contributed by atoms with Gasteiger partial charge in [-0.05, 0) is 58.8 Å². The number of hydrogen-bond donors (Lipinski definition) is 0. The number of hydrogen-bond acceptors (Lipinski definition) is 5. The van der Waals surface area contributed by atoms with Crippen molar-refractivity contribution < 1.29 is 19.1 Å². The molecular formula is C25H32BrNO4. The normalized spacial score (nSPS) is 22.6. The minimum Gasteiger partial charge on any atom is -0.496 e. The Morgan fingerprint density at radius 2 is 2.00 bits per heavy atom. The second-order valence-electron chi connectivity index (χ2n) is 9.28. The first kappa shape index (κ1) is 23.7. The fourth-order valence-corrected chi connectivity index (χ4v) is 5.16. The minimum atomic E-state index is -0.606. The van der Waals surface area contributed by atoms with Gasteiger partial charge in [-0.2, -0.15) is 0 Å². The Balaban J connectivity index is 2.05. The SMILES string of the molecule is CCCCCOC(=O)C1C(C)=NC2=C(C(=O)CC(C)(C)C2)[C@@H]1c1ccc(OC)c(Br)c1. The van der Waals surface area contributed by atoms with Crippen LogP contribution in [-0.2, 0) is 14.3 Å². The molecule has 2 aliphatic rings. The van der Waals surface area contributed by atoms with Crippen LogP contribution < -0.4 is 4.74 Å². The van der Waals surface area contributed by atoms with Gasteiger partial charge < -0.3 is 9.47 Å². The highest BCUT2D eigenvalue weighted by Gasteiger charge is 2.46. The molecule has 0 saturated heterocycles. The van der Waals surface area contributed by atoms with Crippen LogP contribution in [0, 0.1) is 11.3 Å². The lowest BCUT2D eigenvalue weighted by atomic mass is 9.67. The summed E-state index contributed by atoms with van der Waals surface area (Å²) < 4.78 is 11.8. The summed E-state index contributed by atoms with van der Waals surface area (Å²) in [5, 5.41) is 0. The molecule has 0 amide bonds. The molecule has 5 nitrogen and oxygen atoms in total. The van der Waals surface area contributed by atoms with E-state index in [9.17, 15) is 9.59 Å². The average Bonchev–Trinajstić information content (AvgIpc) is 2.69. The van der Waals surface area contributed by atoms with Gasteiger partial charge in [-0.3, -0.25) is 14.6 Å². The molecule has 1 unspecified atom stereocenters. The third kappa shape index (κ3) is 5.11. The van der Waals surface area contributed by atoms with Gasteiger partial charge >= 0.3 is 5.97 Å². The Labute approximate surface area is 193 Å². The first-order valence-corrected chi connectivity index (χ1v) is 11.8. The van der Waals surface area contributed by atoms with Gasteiger partial charge in [0.1, 0.15) is 11.7 Å². The number of halogens is 1. The van der Waals surface area contributed by atoms with Crippen molar-refractivity contribution in [2.24, 2.45) is 16.3 Å². The molecule has 6 heteroatoms. The summed E-state index contributed by atoms with van der Waals surface area (Å²) in [5.41, 5.74) is 2.93. The number of ether oxygens (including phenoxy) is 2. The van der Waals surface area contributed by atoms with Gasteiger partial charge in [0.15, 0.2) is 5.78 Å².